The lowest BCUT2D eigenvalue weighted by atomic mass is 10.2. The third-order valence-corrected chi connectivity index (χ3v) is 2.66. The zero-order valence-electron chi connectivity index (χ0n) is 9.74. The minimum absolute atomic E-state index is 0.0671. The van der Waals surface area contributed by atoms with Gasteiger partial charge in [0.1, 0.15) is 0 Å². The van der Waals surface area contributed by atoms with Crippen LogP contribution >= 0.6 is 15.9 Å². The SMILES string of the molecule is CCCN(CCC)C(=O)c1cncc(Br)c1. The summed E-state index contributed by atoms with van der Waals surface area (Å²) in [5, 5.41) is 0. The van der Waals surface area contributed by atoms with Crippen molar-refractivity contribution in [3.8, 4) is 0 Å². The number of carbonyl (C=O) groups excluding carboxylic acids is 1. The molecule has 0 bridgehead atoms. The van der Waals surface area contributed by atoms with Crippen molar-refractivity contribution in [1.29, 1.82) is 0 Å². The Hall–Kier alpha value is -0.900. The van der Waals surface area contributed by atoms with Crippen molar-refractivity contribution < 1.29 is 4.79 Å². The van der Waals surface area contributed by atoms with Crippen LogP contribution in [-0.2, 0) is 0 Å². The molecule has 0 fully saturated rings. The van der Waals surface area contributed by atoms with Gasteiger partial charge in [-0.25, -0.2) is 0 Å². The second-order valence-electron chi connectivity index (χ2n) is 3.68. The van der Waals surface area contributed by atoms with E-state index in [1.807, 2.05) is 11.0 Å². The molecule has 1 aromatic heterocycles. The normalized spacial score (nSPS) is 10.2. The number of pyridine rings is 1. The van der Waals surface area contributed by atoms with E-state index >= 15 is 0 Å². The highest BCUT2D eigenvalue weighted by Gasteiger charge is 2.14. The Kier molecular flexibility index (Phi) is 5.46. The summed E-state index contributed by atoms with van der Waals surface area (Å²) in [6, 6.07) is 1.81. The summed E-state index contributed by atoms with van der Waals surface area (Å²) in [6.45, 7) is 5.77. The van der Waals surface area contributed by atoms with Crippen molar-refractivity contribution in [2.45, 2.75) is 26.7 Å². The number of nitrogens with zero attached hydrogens (tertiary/aromatic N) is 2. The molecule has 0 atom stereocenters. The van der Waals surface area contributed by atoms with Crippen LogP contribution in [0, 0.1) is 0 Å². The van der Waals surface area contributed by atoms with Crippen LogP contribution < -0.4 is 0 Å². The van der Waals surface area contributed by atoms with Crippen molar-refractivity contribution in [3.63, 3.8) is 0 Å². The summed E-state index contributed by atoms with van der Waals surface area (Å²) in [7, 11) is 0. The first-order valence-corrected chi connectivity index (χ1v) is 6.38. The van der Waals surface area contributed by atoms with E-state index in [9.17, 15) is 4.79 Å². The van der Waals surface area contributed by atoms with Crippen LogP contribution in [0.1, 0.15) is 37.0 Å². The third-order valence-electron chi connectivity index (χ3n) is 2.23. The van der Waals surface area contributed by atoms with Gasteiger partial charge >= 0.3 is 0 Å². The zero-order chi connectivity index (χ0) is 12.0. The Morgan fingerprint density at radius 2 is 1.94 bits per heavy atom. The van der Waals surface area contributed by atoms with Gasteiger partial charge in [0.15, 0.2) is 0 Å². The van der Waals surface area contributed by atoms with Crippen molar-refractivity contribution in [2.24, 2.45) is 0 Å². The number of amides is 1. The van der Waals surface area contributed by atoms with Gasteiger partial charge in [0.2, 0.25) is 0 Å². The molecule has 3 nitrogen and oxygen atoms in total. The molecule has 16 heavy (non-hydrogen) atoms. The van der Waals surface area contributed by atoms with E-state index in [-0.39, 0.29) is 5.91 Å². The Morgan fingerprint density at radius 3 is 2.44 bits per heavy atom. The minimum atomic E-state index is 0.0671. The molecule has 1 amide bonds. The molecule has 1 rings (SSSR count). The van der Waals surface area contributed by atoms with E-state index in [1.165, 1.54) is 0 Å². The molecule has 0 unspecified atom stereocenters. The summed E-state index contributed by atoms with van der Waals surface area (Å²) in [5.41, 5.74) is 0.649. The van der Waals surface area contributed by atoms with Gasteiger partial charge in [-0.1, -0.05) is 13.8 Å². The molecule has 4 heteroatoms. The average molecular weight is 285 g/mol. The fourth-order valence-corrected chi connectivity index (χ4v) is 1.93. The van der Waals surface area contributed by atoms with Crippen LogP contribution in [0.3, 0.4) is 0 Å². The standard InChI is InChI=1S/C12H17BrN2O/c1-3-5-15(6-4-2)12(16)10-7-11(13)9-14-8-10/h7-9H,3-6H2,1-2H3. The molecular weight excluding hydrogens is 268 g/mol. The number of halogens is 1. The molecule has 0 aliphatic rings. The second-order valence-corrected chi connectivity index (χ2v) is 4.60. The first kappa shape index (κ1) is 13.2. The lowest BCUT2D eigenvalue weighted by Gasteiger charge is -2.21. The summed E-state index contributed by atoms with van der Waals surface area (Å²) in [6.07, 6.45) is 5.26. The number of hydrogen-bond acceptors (Lipinski definition) is 2. The number of aromatic nitrogens is 1. The maximum Gasteiger partial charge on any atom is 0.255 e. The highest BCUT2D eigenvalue weighted by Crippen LogP contribution is 2.12. The van der Waals surface area contributed by atoms with Gasteiger partial charge in [-0.3, -0.25) is 9.78 Å². The van der Waals surface area contributed by atoms with Crippen LogP contribution in [0.4, 0.5) is 0 Å². The van der Waals surface area contributed by atoms with Crippen LogP contribution in [0.2, 0.25) is 0 Å². The van der Waals surface area contributed by atoms with Crippen molar-refractivity contribution in [2.75, 3.05) is 13.1 Å². The Labute approximate surface area is 105 Å². The monoisotopic (exact) mass is 284 g/mol. The van der Waals surface area contributed by atoms with E-state index in [1.54, 1.807) is 12.4 Å². The summed E-state index contributed by atoms with van der Waals surface area (Å²) >= 11 is 3.32. The van der Waals surface area contributed by atoms with Crippen molar-refractivity contribution in [1.82, 2.24) is 9.88 Å². The zero-order valence-corrected chi connectivity index (χ0v) is 11.3. The molecule has 0 radical (unpaired) electrons. The van der Waals surface area contributed by atoms with Crippen LogP contribution in [0.25, 0.3) is 0 Å². The molecular formula is C12H17BrN2O. The maximum absolute atomic E-state index is 12.1. The van der Waals surface area contributed by atoms with Gasteiger partial charge in [0.25, 0.3) is 5.91 Å². The molecule has 0 aliphatic carbocycles. The minimum Gasteiger partial charge on any atom is -0.339 e. The highest BCUT2D eigenvalue weighted by molar-refractivity contribution is 9.10. The average Bonchev–Trinajstić information content (AvgIpc) is 2.28. The molecule has 0 aliphatic heterocycles. The first-order valence-electron chi connectivity index (χ1n) is 5.58. The quantitative estimate of drug-likeness (QED) is 0.832. The number of rotatable bonds is 5. The predicted molar refractivity (Wildman–Crippen MR) is 68.4 cm³/mol. The van der Waals surface area contributed by atoms with Crippen molar-refractivity contribution >= 4 is 21.8 Å². The van der Waals surface area contributed by atoms with Gasteiger partial charge < -0.3 is 4.90 Å². The summed E-state index contributed by atoms with van der Waals surface area (Å²) in [4.78, 5) is 18.0. The van der Waals surface area contributed by atoms with E-state index in [0.717, 1.165) is 30.4 Å². The molecule has 0 spiro atoms. The fourth-order valence-electron chi connectivity index (χ4n) is 1.57. The number of carbonyl (C=O) groups is 1. The second kappa shape index (κ2) is 6.63. The van der Waals surface area contributed by atoms with Gasteiger partial charge in [-0.15, -0.1) is 0 Å². The van der Waals surface area contributed by atoms with Crippen LogP contribution in [0.5, 0.6) is 0 Å². The third kappa shape index (κ3) is 3.59. The van der Waals surface area contributed by atoms with Gasteiger partial charge in [-0.2, -0.15) is 0 Å². The number of hydrogen-bond donors (Lipinski definition) is 0. The fraction of sp³-hybridized carbons (Fsp3) is 0.500. The van der Waals surface area contributed by atoms with E-state index in [0.29, 0.717) is 5.56 Å². The lowest BCUT2D eigenvalue weighted by Crippen LogP contribution is -2.32. The Bertz CT molecular complexity index is 349. The maximum atomic E-state index is 12.1. The van der Waals surface area contributed by atoms with E-state index in [4.69, 9.17) is 0 Å². The van der Waals surface area contributed by atoms with Gasteiger partial charge in [-0.05, 0) is 34.8 Å². The predicted octanol–water partition coefficient (Wildman–Crippen LogP) is 3.11. The molecule has 1 heterocycles. The van der Waals surface area contributed by atoms with E-state index in [2.05, 4.69) is 34.8 Å². The van der Waals surface area contributed by atoms with Gasteiger partial charge in [0.05, 0.1) is 5.56 Å². The smallest absolute Gasteiger partial charge is 0.255 e. The largest absolute Gasteiger partial charge is 0.339 e. The first-order chi connectivity index (χ1) is 7.69. The van der Waals surface area contributed by atoms with Crippen LogP contribution in [0.15, 0.2) is 22.9 Å². The Morgan fingerprint density at radius 1 is 1.31 bits per heavy atom. The van der Waals surface area contributed by atoms with Crippen LogP contribution in [-0.4, -0.2) is 28.9 Å². The molecule has 0 N–H and O–H groups in total. The molecule has 0 aromatic carbocycles. The molecule has 88 valence electrons. The van der Waals surface area contributed by atoms with E-state index < -0.39 is 0 Å². The highest BCUT2D eigenvalue weighted by atomic mass is 79.9. The molecule has 0 saturated heterocycles. The topological polar surface area (TPSA) is 33.2 Å². The van der Waals surface area contributed by atoms with Crippen molar-refractivity contribution in [3.05, 3.63) is 28.5 Å². The molecule has 1 aromatic rings. The Balaban J connectivity index is 2.81. The lowest BCUT2D eigenvalue weighted by molar-refractivity contribution is 0.0755. The molecule has 0 saturated carbocycles. The summed E-state index contributed by atoms with van der Waals surface area (Å²) < 4.78 is 0.839. The van der Waals surface area contributed by atoms with Gasteiger partial charge in [0, 0.05) is 30.0 Å². The summed E-state index contributed by atoms with van der Waals surface area (Å²) in [5.74, 6) is 0.0671.